The smallest absolute Gasteiger partial charge is 0.204 e. The molecule has 2 aliphatic carbocycles. The Hall–Kier alpha value is -1.02. The van der Waals surface area contributed by atoms with E-state index in [0.29, 0.717) is 5.75 Å². The number of fused-ring (bicyclic) bond motifs is 5. The minimum Gasteiger partial charge on any atom is -0.494 e. The maximum absolute atomic E-state index is 11.1. The van der Waals surface area contributed by atoms with Gasteiger partial charge >= 0.3 is 0 Å². The Morgan fingerprint density at radius 2 is 1.17 bits per heavy atom. The van der Waals surface area contributed by atoms with Crippen LogP contribution in [0, 0.1) is 0 Å². The molecule has 2 aliphatic rings. The highest BCUT2D eigenvalue weighted by Crippen LogP contribution is 2.80. The van der Waals surface area contributed by atoms with E-state index in [1.807, 2.05) is 0 Å². The van der Waals surface area contributed by atoms with E-state index in [4.69, 9.17) is 83.8 Å². The summed E-state index contributed by atoms with van der Waals surface area (Å²) in [4.78, 5) is -3.78. The molecule has 0 fully saturated rings. The first-order valence-electron chi connectivity index (χ1n) is 8.24. The molecule has 6 nitrogen and oxygen atoms in total. The predicted molar refractivity (Wildman–Crippen MR) is 117 cm³/mol. The minimum atomic E-state index is -1.98. The lowest BCUT2D eigenvalue weighted by atomic mass is 10.00. The highest BCUT2D eigenvalue weighted by atomic mass is 35.5. The van der Waals surface area contributed by atoms with Gasteiger partial charge in [0.2, 0.25) is 17.5 Å². The number of halogens is 6. The van der Waals surface area contributed by atoms with Crippen LogP contribution in [-0.4, -0.2) is 40.4 Å². The van der Waals surface area contributed by atoms with Gasteiger partial charge in [-0.05, 0) is 0 Å². The summed E-state index contributed by atoms with van der Waals surface area (Å²) in [6, 6.07) is 3.01. The zero-order valence-corrected chi connectivity index (χ0v) is 20.0. The molecule has 2 unspecified atom stereocenters. The second kappa shape index (κ2) is 6.74. The van der Waals surface area contributed by atoms with E-state index in [9.17, 15) is 10.2 Å². The van der Waals surface area contributed by atoms with E-state index in [-0.39, 0.29) is 38.4 Å². The van der Waals surface area contributed by atoms with Gasteiger partial charge in [0.1, 0.15) is 9.75 Å². The summed E-state index contributed by atoms with van der Waals surface area (Å²) in [5.41, 5.74) is 0.144. The Morgan fingerprint density at radius 3 is 1.50 bits per heavy atom. The summed E-state index contributed by atoms with van der Waals surface area (Å²) >= 11 is 39.1. The summed E-state index contributed by atoms with van der Waals surface area (Å²) < 4.78 is 15.1. The number of aromatic hydroxyl groups is 2. The zero-order valence-electron chi connectivity index (χ0n) is 15.5. The third kappa shape index (κ3) is 2.20. The maximum atomic E-state index is 11.1. The first-order chi connectivity index (χ1) is 13.9. The number of benzene rings is 1. The molecule has 1 aromatic heterocycles. The molecule has 0 saturated carbocycles. The predicted octanol–water partition coefficient (Wildman–Crippen LogP) is 5.67. The highest BCUT2D eigenvalue weighted by Gasteiger charge is 2.80. The number of nitrogens with zero attached hydrogens (tertiary/aromatic N) is 1. The fourth-order valence-electron chi connectivity index (χ4n) is 3.99. The largest absolute Gasteiger partial charge is 0.494 e. The molecule has 0 saturated heterocycles. The van der Waals surface area contributed by atoms with Crippen LogP contribution >= 0.6 is 69.6 Å². The van der Waals surface area contributed by atoms with Crippen LogP contribution in [0.1, 0.15) is 11.1 Å². The normalized spacial score (nSPS) is 26.2. The number of hydrogen-bond donors (Lipinski definition) is 2. The van der Waals surface area contributed by atoms with Gasteiger partial charge in [0, 0.05) is 12.1 Å². The number of rotatable bonds is 4. The van der Waals surface area contributed by atoms with E-state index in [1.54, 1.807) is 0 Å². The van der Waals surface area contributed by atoms with E-state index in [1.165, 1.54) is 33.5 Å². The average Bonchev–Trinajstić information content (AvgIpc) is 3.10. The SMILES string of the molecule is COc1cc(-n2c(O)c3c(c2O)C2(Cl)C(Cl)=C(Cl)C3(Cl)C2(Cl)Cl)cc(OC)c1OC. The lowest BCUT2D eigenvalue weighted by Crippen LogP contribution is -2.40. The standard InChI is InChI=1S/C18H13Cl6NO5/c1-28-7-4-6(5-8(29-2)11(7)30-3)25-14(26)9-10(15(25)27)17(22)13(20)12(19)16(9,21)18(17,23)24/h4-5,26-27H,1-3H3. The minimum absolute atomic E-state index is 0.0511. The third-order valence-corrected chi connectivity index (χ3v) is 9.46. The van der Waals surface area contributed by atoms with Crippen molar-refractivity contribution >= 4 is 69.6 Å². The molecule has 0 amide bonds. The van der Waals surface area contributed by atoms with Gasteiger partial charge in [-0.3, -0.25) is 4.57 Å². The van der Waals surface area contributed by atoms with Crippen LogP contribution in [0.5, 0.6) is 29.0 Å². The van der Waals surface area contributed by atoms with E-state index in [2.05, 4.69) is 0 Å². The quantitative estimate of drug-likeness (QED) is 0.493. The number of aromatic nitrogens is 1. The Kier molecular flexibility index (Phi) is 4.98. The lowest BCUT2D eigenvalue weighted by Gasteiger charge is -2.32. The molecule has 30 heavy (non-hydrogen) atoms. The van der Waals surface area contributed by atoms with Gasteiger partial charge < -0.3 is 24.4 Å². The summed E-state index contributed by atoms with van der Waals surface area (Å²) in [6.45, 7) is 0. The van der Waals surface area contributed by atoms with E-state index >= 15 is 0 Å². The Bertz CT molecular complexity index is 1050. The maximum Gasteiger partial charge on any atom is 0.204 e. The van der Waals surface area contributed by atoms with Crippen LogP contribution in [0.25, 0.3) is 5.69 Å². The fourth-order valence-corrected chi connectivity index (χ4v) is 6.67. The molecule has 0 spiro atoms. The van der Waals surface area contributed by atoms with Crippen molar-refractivity contribution in [1.82, 2.24) is 4.57 Å². The van der Waals surface area contributed by atoms with E-state index in [0.717, 1.165) is 4.57 Å². The van der Waals surface area contributed by atoms with Crippen molar-refractivity contribution in [1.29, 1.82) is 0 Å². The molecular weight excluding hydrogens is 523 g/mol. The van der Waals surface area contributed by atoms with Gasteiger partial charge in [-0.2, -0.15) is 0 Å². The number of hydrogen-bond acceptors (Lipinski definition) is 5. The van der Waals surface area contributed by atoms with Gasteiger partial charge in [0.15, 0.2) is 15.8 Å². The van der Waals surface area contributed by atoms with Gasteiger partial charge in [0.05, 0.1) is 48.2 Å². The lowest BCUT2D eigenvalue weighted by molar-refractivity contribution is 0.323. The number of alkyl halides is 4. The molecule has 2 N–H and O–H groups in total. The molecule has 4 rings (SSSR count). The molecule has 1 aromatic carbocycles. The summed E-state index contributed by atoms with van der Waals surface area (Å²) in [6.07, 6.45) is 0. The monoisotopic (exact) mass is 533 g/mol. The molecule has 1 heterocycles. The first-order valence-corrected chi connectivity index (χ1v) is 10.5. The van der Waals surface area contributed by atoms with Crippen LogP contribution in [0.4, 0.5) is 0 Å². The number of allylic oxidation sites excluding steroid dienone is 2. The molecular formula is C18H13Cl6NO5. The second-order valence-electron chi connectivity index (χ2n) is 6.64. The topological polar surface area (TPSA) is 73.1 Å². The summed E-state index contributed by atoms with van der Waals surface area (Å²) in [7, 11) is 4.30. The van der Waals surface area contributed by atoms with Crippen molar-refractivity contribution in [2.24, 2.45) is 0 Å². The Morgan fingerprint density at radius 1 is 0.767 bits per heavy atom. The molecule has 2 aromatic rings. The average molecular weight is 536 g/mol. The third-order valence-electron chi connectivity index (χ3n) is 5.38. The van der Waals surface area contributed by atoms with Gasteiger partial charge in [0.25, 0.3) is 0 Å². The van der Waals surface area contributed by atoms with Gasteiger partial charge in [-0.1, -0.05) is 46.4 Å². The molecule has 2 atom stereocenters. The second-order valence-corrected chi connectivity index (χ2v) is 9.85. The van der Waals surface area contributed by atoms with Crippen molar-refractivity contribution in [3.63, 3.8) is 0 Å². The van der Waals surface area contributed by atoms with Crippen LogP contribution in [0.2, 0.25) is 0 Å². The first kappa shape index (κ1) is 22.2. The number of ether oxygens (including phenoxy) is 3. The summed E-state index contributed by atoms with van der Waals surface area (Å²) in [5.74, 6) is -0.0910. The molecule has 0 aliphatic heterocycles. The van der Waals surface area contributed by atoms with Crippen molar-refractivity contribution in [2.45, 2.75) is 14.1 Å². The zero-order chi connectivity index (χ0) is 22.4. The van der Waals surface area contributed by atoms with Gasteiger partial charge in [-0.15, -0.1) is 23.2 Å². The van der Waals surface area contributed by atoms with Crippen molar-refractivity contribution in [2.75, 3.05) is 21.3 Å². The Balaban J connectivity index is 2.05. The molecule has 0 radical (unpaired) electrons. The van der Waals surface area contributed by atoms with Crippen LogP contribution in [0.3, 0.4) is 0 Å². The molecule has 2 bridgehead atoms. The fraction of sp³-hybridized carbons (Fsp3) is 0.333. The Labute approximate surface area is 201 Å². The van der Waals surface area contributed by atoms with E-state index < -0.39 is 25.8 Å². The number of methoxy groups -OCH3 is 3. The molecule has 12 heteroatoms. The summed E-state index contributed by atoms with van der Waals surface area (Å²) in [5, 5.41) is 21.9. The highest BCUT2D eigenvalue weighted by molar-refractivity contribution is 6.65. The molecule has 162 valence electrons. The van der Waals surface area contributed by atoms with Crippen LogP contribution < -0.4 is 14.2 Å². The van der Waals surface area contributed by atoms with Gasteiger partial charge in [-0.25, -0.2) is 0 Å². The van der Waals surface area contributed by atoms with Crippen LogP contribution in [0.15, 0.2) is 22.2 Å². The van der Waals surface area contributed by atoms with Crippen molar-refractivity contribution in [3.05, 3.63) is 33.3 Å². The van der Waals surface area contributed by atoms with Crippen molar-refractivity contribution in [3.8, 4) is 34.7 Å². The van der Waals surface area contributed by atoms with Crippen molar-refractivity contribution < 1.29 is 24.4 Å². The van der Waals surface area contributed by atoms with Crippen LogP contribution in [-0.2, 0) is 9.75 Å².